The summed E-state index contributed by atoms with van der Waals surface area (Å²) in [7, 11) is 0. The van der Waals surface area contributed by atoms with Gasteiger partial charge in [-0.1, -0.05) is 167 Å². The van der Waals surface area contributed by atoms with Crippen LogP contribution < -0.4 is 0 Å². The van der Waals surface area contributed by atoms with Crippen LogP contribution in [0.4, 0.5) is 0 Å². The lowest BCUT2D eigenvalue weighted by Crippen LogP contribution is -2.28. The normalized spacial score (nSPS) is 13.6. The van der Waals surface area contributed by atoms with Crippen LogP contribution in [0.25, 0.3) is 0 Å². The molecule has 0 saturated carbocycles. The van der Waals surface area contributed by atoms with Crippen LogP contribution in [0.1, 0.15) is 155 Å². The number of esters is 2. The second kappa shape index (κ2) is 45.4. The standard InChI is InChI=1S/C51H78O5/c1-3-5-7-9-11-13-15-17-19-20-21-22-23-24-25-26-27-28-29-30-32-34-36-38-40-42-44-46-51(54)56-49(47-52)48-55-50(53)45-43-41-39-37-35-33-31-18-16-14-12-10-8-6-4-2/h5-8,11-14,17-19,21-22,24-25,27-28,30-32,36,38,49,52H,3-4,9-10,15-16,20,23,26,29,33-35,37,39-48H2,1-2H3/b7-5-,8-6-,13-11-,14-12-,19-17-,22-21-,25-24-,28-27-,31-18-,32-30-,38-36-. The van der Waals surface area contributed by atoms with Gasteiger partial charge in [0.05, 0.1) is 6.61 Å². The first-order chi connectivity index (χ1) is 27.6. The Bertz CT molecular complexity index is 1240. The number of aliphatic hydroxyl groups excluding tert-OH is 1. The summed E-state index contributed by atoms with van der Waals surface area (Å²) >= 11 is 0. The van der Waals surface area contributed by atoms with Gasteiger partial charge >= 0.3 is 11.9 Å². The van der Waals surface area contributed by atoms with Crippen LogP contribution in [0.5, 0.6) is 0 Å². The Labute approximate surface area is 343 Å². The fourth-order valence-corrected chi connectivity index (χ4v) is 5.23. The molecule has 312 valence electrons. The quantitative estimate of drug-likeness (QED) is 0.0387. The van der Waals surface area contributed by atoms with Gasteiger partial charge in [-0.3, -0.25) is 9.59 Å². The van der Waals surface area contributed by atoms with Crippen molar-refractivity contribution < 1.29 is 24.2 Å². The molecule has 0 heterocycles. The number of hydrogen-bond acceptors (Lipinski definition) is 5. The number of hydrogen-bond donors (Lipinski definition) is 1. The Hall–Kier alpha value is -3.96. The fourth-order valence-electron chi connectivity index (χ4n) is 5.23. The first kappa shape index (κ1) is 52.0. The third-order valence-corrected chi connectivity index (χ3v) is 8.44. The molecule has 0 spiro atoms. The highest BCUT2D eigenvalue weighted by Gasteiger charge is 2.16. The molecule has 1 N–H and O–H groups in total. The van der Waals surface area contributed by atoms with Gasteiger partial charge in [0, 0.05) is 12.8 Å². The molecule has 0 aromatic heterocycles. The van der Waals surface area contributed by atoms with Gasteiger partial charge in [0.1, 0.15) is 6.61 Å². The lowest BCUT2D eigenvalue weighted by molar-refractivity contribution is -0.161. The molecule has 0 amide bonds. The Balaban J connectivity index is 3.74. The van der Waals surface area contributed by atoms with Crippen LogP contribution >= 0.6 is 0 Å². The summed E-state index contributed by atoms with van der Waals surface area (Å²) in [4.78, 5) is 24.3. The molecule has 0 aromatic carbocycles. The van der Waals surface area contributed by atoms with Crippen molar-refractivity contribution in [2.45, 2.75) is 161 Å². The fraction of sp³-hybridized carbons (Fsp3) is 0.529. The van der Waals surface area contributed by atoms with Crippen molar-refractivity contribution in [3.63, 3.8) is 0 Å². The van der Waals surface area contributed by atoms with Crippen molar-refractivity contribution >= 4 is 11.9 Å². The van der Waals surface area contributed by atoms with E-state index < -0.39 is 6.10 Å². The van der Waals surface area contributed by atoms with Gasteiger partial charge in [0.25, 0.3) is 0 Å². The maximum atomic E-state index is 12.2. The van der Waals surface area contributed by atoms with Gasteiger partial charge in [-0.2, -0.15) is 0 Å². The van der Waals surface area contributed by atoms with Crippen molar-refractivity contribution in [2.75, 3.05) is 13.2 Å². The number of unbranched alkanes of at least 4 members (excludes halogenated alkanes) is 7. The number of carbonyl (C=O) groups excluding carboxylic acids is 2. The monoisotopic (exact) mass is 771 g/mol. The molecule has 0 aromatic rings. The van der Waals surface area contributed by atoms with Gasteiger partial charge in [0.2, 0.25) is 0 Å². The lowest BCUT2D eigenvalue weighted by atomic mass is 10.1. The first-order valence-electron chi connectivity index (χ1n) is 21.7. The minimum Gasteiger partial charge on any atom is -0.462 e. The van der Waals surface area contributed by atoms with E-state index >= 15 is 0 Å². The minimum atomic E-state index is -0.813. The maximum absolute atomic E-state index is 12.2. The summed E-state index contributed by atoms with van der Waals surface area (Å²) in [6.07, 6.45) is 68.1. The van der Waals surface area contributed by atoms with Crippen molar-refractivity contribution in [3.05, 3.63) is 134 Å². The average molecular weight is 771 g/mol. The second-order valence-electron chi connectivity index (χ2n) is 13.7. The van der Waals surface area contributed by atoms with E-state index in [1.54, 1.807) is 0 Å². The number of rotatable bonds is 37. The highest BCUT2D eigenvalue weighted by molar-refractivity contribution is 5.70. The van der Waals surface area contributed by atoms with E-state index in [9.17, 15) is 14.7 Å². The molecule has 0 radical (unpaired) electrons. The van der Waals surface area contributed by atoms with Gasteiger partial charge < -0.3 is 14.6 Å². The summed E-state index contributed by atoms with van der Waals surface area (Å²) in [6, 6.07) is 0. The van der Waals surface area contributed by atoms with E-state index in [0.29, 0.717) is 12.8 Å². The molecule has 0 aliphatic carbocycles. The van der Waals surface area contributed by atoms with Crippen LogP contribution in [0.15, 0.2) is 134 Å². The van der Waals surface area contributed by atoms with Crippen molar-refractivity contribution in [2.24, 2.45) is 0 Å². The van der Waals surface area contributed by atoms with Crippen LogP contribution in [0, 0.1) is 0 Å². The molecule has 5 heteroatoms. The number of ether oxygens (including phenoxy) is 2. The van der Waals surface area contributed by atoms with E-state index in [2.05, 4.69) is 148 Å². The molecule has 5 nitrogen and oxygen atoms in total. The first-order valence-corrected chi connectivity index (χ1v) is 21.7. The molecule has 0 rings (SSSR count). The SMILES string of the molecule is CC/C=C\C/C=C\C/C=C\C/C=C\C/C=C\C/C=C\C/C=C\C/C=C\CCCCC(=O)OC(CO)COC(=O)CCCCCCC/C=C\C/C=C\C/C=C\CC. The summed E-state index contributed by atoms with van der Waals surface area (Å²) < 4.78 is 10.6. The van der Waals surface area contributed by atoms with Crippen LogP contribution in [0.3, 0.4) is 0 Å². The zero-order chi connectivity index (χ0) is 40.7. The van der Waals surface area contributed by atoms with Crippen molar-refractivity contribution in [1.29, 1.82) is 0 Å². The van der Waals surface area contributed by atoms with E-state index in [-0.39, 0.29) is 31.6 Å². The van der Waals surface area contributed by atoms with E-state index in [0.717, 1.165) is 122 Å². The minimum absolute atomic E-state index is 0.103. The van der Waals surface area contributed by atoms with Gasteiger partial charge in [0.15, 0.2) is 6.10 Å². The van der Waals surface area contributed by atoms with E-state index in [1.165, 1.54) is 0 Å². The molecule has 1 atom stereocenters. The summed E-state index contributed by atoms with van der Waals surface area (Å²) in [5.41, 5.74) is 0. The highest BCUT2D eigenvalue weighted by atomic mass is 16.6. The second-order valence-corrected chi connectivity index (χ2v) is 13.7. The zero-order valence-electron chi connectivity index (χ0n) is 35.3. The van der Waals surface area contributed by atoms with Crippen LogP contribution in [-0.2, 0) is 19.1 Å². The number of allylic oxidation sites excluding steroid dienone is 22. The van der Waals surface area contributed by atoms with Gasteiger partial charge in [-0.05, 0) is 109 Å². The van der Waals surface area contributed by atoms with E-state index in [1.807, 2.05) is 0 Å². The maximum Gasteiger partial charge on any atom is 0.306 e. The van der Waals surface area contributed by atoms with Crippen molar-refractivity contribution in [3.8, 4) is 0 Å². The van der Waals surface area contributed by atoms with Crippen LogP contribution in [0.2, 0.25) is 0 Å². The summed E-state index contributed by atoms with van der Waals surface area (Å²) in [6.45, 7) is 3.83. The Morgan fingerprint density at radius 2 is 0.714 bits per heavy atom. The molecule has 56 heavy (non-hydrogen) atoms. The topological polar surface area (TPSA) is 72.8 Å². The predicted octanol–water partition coefficient (Wildman–Crippen LogP) is 14.2. The highest BCUT2D eigenvalue weighted by Crippen LogP contribution is 2.10. The molecule has 0 bridgehead atoms. The molecule has 0 saturated heterocycles. The van der Waals surface area contributed by atoms with Gasteiger partial charge in [-0.15, -0.1) is 0 Å². The molecule has 0 aliphatic heterocycles. The lowest BCUT2D eigenvalue weighted by Gasteiger charge is -2.15. The zero-order valence-corrected chi connectivity index (χ0v) is 35.3. The Morgan fingerprint density at radius 1 is 0.411 bits per heavy atom. The molecular formula is C51H78O5. The summed E-state index contributed by atoms with van der Waals surface area (Å²) in [5, 5.41) is 9.57. The Morgan fingerprint density at radius 3 is 1.11 bits per heavy atom. The molecular weight excluding hydrogens is 693 g/mol. The number of carbonyl (C=O) groups is 2. The largest absolute Gasteiger partial charge is 0.462 e. The third kappa shape index (κ3) is 42.8. The summed E-state index contributed by atoms with van der Waals surface area (Å²) in [5.74, 6) is -0.677. The predicted molar refractivity (Wildman–Crippen MR) is 241 cm³/mol. The average Bonchev–Trinajstić information content (AvgIpc) is 3.20. The van der Waals surface area contributed by atoms with Gasteiger partial charge in [-0.25, -0.2) is 0 Å². The van der Waals surface area contributed by atoms with E-state index in [4.69, 9.17) is 9.47 Å². The van der Waals surface area contributed by atoms with Crippen molar-refractivity contribution in [1.82, 2.24) is 0 Å². The van der Waals surface area contributed by atoms with Crippen LogP contribution in [-0.4, -0.2) is 36.4 Å². The molecule has 0 fully saturated rings. The smallest absolute Gasteiger partial charge is 0.306 e. The Kier molecular flexibility index (Phi) is 42.2. The molecule has 1 unspecified atom stereocenters. The third-order valence-electron chi connectivity index (χ3n) is 8.44. The molecule has 0 aliphatic rings. The number of aliphatic hydroxyl groups is 1.